The Hall–Kier alpha value is -0.710. The van der Waals surface area contributed by atoms with Crippen molar-refractivity contribution < 1.29 is 14.7 Å². The number of carbonyl (C=O) groups excluding carboxylic acids is 1. The Morgan fingerprint density at radius 2 is 2.00 bits per heavy atom. The average molecular weight is 257 g/mol. The molecule has 0 saturated carbocycles. The molecule has 2 fully saturated rings. The van der Waals surface area contributed by atoms with Gasteiger partial charge in [0, 0.05) is 13.1 Å². The molecule has 2 saturated heterocycles. The minimum absolute atomic E-state index is 0.0799. The largest absolute Gasteiger partial charge is 0.481 e. The van der Waals surface area contributed by atoms with Crippen LogP contribution in [0.2, 0.25) is 0 Å². The van der Waals surface area contributed by atoms with Crippen LogP contribution in [-0.2, 0) is 9.59 Å². The van der Waals surface area contributed by atoms with E-state index < -0.39 is 5.97 Å². The molecule has 2 aliphatic rings. The minimum atomic E-state index is -0.765. The number of hydrogen-bond donors (Lipinski definition) is 1. The first-order chi connectivity index (χ1) is 8.18. The maximum absolute atomic E-state index is 12.2. The number of carboxylic acid groups (broad SMARTS) is 1. The van der Waals surface area contributed by atoms with Gasteiger partial charge < -0.3 is 10.0 Å². The van der Waals surface area contributed by atoms with Crippen LogP contribution in [0.3, 0.4) is 0 Å². The average Bonchev–Trinajstić information content (AvgIpc) is 2.39. The van der Waals surface area contributed by atoms with E-state index in [1.165, 1.54) is 6.42 Å². The first-order valence-corrected chi connectivity index (χ1v) is 7.36. The molecule has 0 aromatic carbocycles. The van der Waals surface area contributed by atoms with E-state index in [2.05, 4.69) is 0 Å². The van der Waals surface area contributed by atoms with Crippen molar-refractivity contribution in [3.8, 4) is 0 Å². The maximum atomic E-state index is 12.2. The zero-order valence-corrected chi connectivity index (χ0v) is 10.7. The number of piperidine rings is 1. The molecule has 2 aliphatic heterocycles. The third kappa shape index (κ3) is 3.15. The summed E-state index contributed by atoms with van der Waals surface area (Å²) in [5.41, 5.74) is 0. The number of hydrogen-bond acceptors (Lipinski definition) is 3. The lowest BCUT2D eigenvalue weighted by Crippen LogP contribution is -2.46. The summed E-state index contributed by atoms with van der Waals surface area (Å²) in [6.45, 7) is 1.14. The number of nitrogens with zero attached hydrogens (tertiary/aromatic N) is 1. The number of rotatable bonds is 2. The number of aliphatic carboxylic acids is 1. The summed E-state index contributed by atoms with van der Waals surface area (Å²) in [6.07, 6.45) is 4.81. The van der Waals surface area contributed by atoms with Gasteiger partial charge in [0.25, 0.3) is 0 Å². The monoisotopic (exact) mass is 257 g/mol. The van der Waals surface area contributed by atoms with Gasteiger partial charge in [-0.25, -0.2) is 0 Å². The molecular weight excluding hydrogens is 238 g/mol. The standard InChI is InChI=1S/C12H19NO3S/c14-11(10-5-1-2-7-17-10)13-6-3-4-9(8-13)12(15)16/h9-10H,1-8H2,(H,15,16). The number of carbonyl (C=O) groups is 2. The zero-order chi connectivity index (χ0) is 12.3. The summed E-state index contributed by atoms with van der Waals surface area (Å²) < 4.78 is 0. The van der Waals surface area contributed by atoms with Crippen LogP contribution >= 0.6 is 11.8 Å². The van der Waals surface area contributed by atoms with Crippen LogP contribution in [0.1, 0.15) is 32.1 Å². The molecule has 1 amide bonds. The summed E-state index contributed by atoms with van der Waals surface area (Å²) in [5, 5.41) is 9.08. The topological polar surface area (TPSA) is 57.6 Å². The fourth-order valence-corrected chi connectivity index (χ4v) is 3.80. The molecule has 2 rings (SSSR count). The summed E-state index contributed by atoms with van der Waals surface area (Å²) >= 11 is 1.74. The second-order valence-electron chi connectivity index (χ2n) is 4.82. The molecule has 1 N–H and O–H groups in total. The molecule has 2 heterocycles. The van der Waals surface area contributed by atoms with Crippen LogP contribution in [0.25, 0.3) is 0 Å². The van der Waals surface area contributed by atoms with Crippen LogP contribution in [0.4, 0.5) is 0 Å². The molecule has 0 aliphatic carbocycles. The third-order valence-electron chi connectivity index (χ3n) is 3.54. The van der Waals surface area contributed by atoms with Gasteiger partial charge in [-0.3, -0.25) is 9.59 Å². The highest BCUT2D eigenvalue weighted by molar-refractivity contribution is 8.00. The minimum Gasteiger partial charge on any atom is -0.481 e. The Labute approximate surface area is 106 Å². The molecule has 0 aromatic heterocycles. The molecular formula is C12H19NO3S. The van der Waals surface area contributed by atoms with Crippen molar-refractivity contribution in [1.82, 2.24) is 4.90 Å². The fraction of sp³-hybridized carbons (Fsp3) is 0.833. The molecule has 0 radical (unpaired) electrons. The second kappa shape index (κ2) is 5.76. The van der Waals surface area contributed by atoms with Crippen molar-refractivity contribution in [2.45, 2.75) is 37.4 Å². The van der Waals surface area contributed by atoms with Gasteiger partial charge in [-0.1, -0.05) is 6.42 Å². The van der Waals surface area contributed by atoms with Crippen LogP contribution in [0.5, 0.6) is 0 Å². The van der Waals surface area contributed by atoms with Crippen molar-refractivity contribution in [2.24, 2.45) is 5.92 Å². The number of likely N-dealkylation sites (tertiary alicyclic amines) is 1. The van der Waals surface area contributed by atoms with Crippen LogP contribution in [-0.4, -0.2) is 46.0 Å². The van der Waals surface area contributed by atoms with E-state index in [4.69, 9.17) is 5.11 Å². The van der Waals surface area contributed by atoms with Crippen LogP contribution in [0, 0.1) is 5.92 Å². The van der Waals surface area contributed by atoms with Crippen molar-refractivity contribution in [3.63, 3.8) is 0 Å². The lowest BCUT2D eigenvalue weighted by atomic mass is 9.98. The lowest BCUT2D eigenvalue weighted by Gasteiger charge is -2.34. The summed E-state index contributed by atoms with van der Waals surface area (Å²) in [6, 6.07) is 0. The van der Waals surface area contributed by atoms with Gasteiger partial charge in [-0.05, 0) is 31.4 Å². The van der Waals surface area contributed by atoms with E-state index in [-0.39, 0.29) is 17.1 Å². The number of thioether (sulfide) groups is 1. The first-order valence-electron chi connectivity index (χ1n) is 6.31. The Bertz CT molecular complexity index is 302. The van der Waals surface area contributed by atoms with Crippen molar-refractivity contribution in [1.29, 1.82) is 0 Å². The normalized spacial score (nSPS) is 30.0. The van der Waals surface area contributed by atoms with E-state index in [0.717, 1.165) is 31.6 Å². The van der Waals surface area contributed by atoms with Gasteiger partial charge in [0.1, 0.15) is 0 Å². The summed E-state index contributed by atoms with van der Waals surface area (Å²) in [7, 11) is 0. The summed E-state index contributed by atoms with van der Waals surface area (Å²) in [5.74, 6) is 0.104. The predicted octanol–water partition coefficient (Wildman–Crippen LogP) is 1.60. The zero-order valence-electron chi connectivity index (χ0n) is 9.93. The Kier molecular flexibility index (Phi) is 4.31. The predicted molar refractivity (Wildman–Crippen MR) is 67.0 cm³/mol. The molecule has 2 atom stereocenters. The molecule has 0 aromatic rings. The highest BCUT2D eigenvalue weighted by Crippen LogP contribution is 2.28. The fourth-order valence-electron chi connectivity index (χ4n) is 2.52. The van der Waals surface area contributed by atoms with Crippen LogP contribution in [0.15, 0.2) is 0 Å². The molecule has 0 spiro atoms. The van der Waals surface area contributed by atoms with E-state index in [0.29, 0.717) is 13.0 Å². The van der Waals surface area contributed by atoms with Crippen LogP contribution < -0.4 is 0 Å². The molecule has 4 nitrogen and oxygen atoms in total. The Balaban J connectivity index is 1.91. The third-order valence-corrected chi connectivity index (χ3v) is 4.90. The van der Waals surface area contributed by atoms with E-state index >= 15 is 0 Å². The number of amides is 1. The van der Waals surface area contributed by atoms with Crippen molar-refractivity contribution >= 4 is 23.6 Å². The SMILES string of the molecule is O=C(O)C1CCCN(C(=O)C2CCCCS2)C1. The lowest BCUT2D eigenvalue weighted by molar-refractivity contribution is -0.145. The van der Waals surface area contributed by atoms with Gasteiger partial charge >= 0.3 is 5.97 Å². The van der Waals surface area contributed by atoms with Gasteiger partial charge in [-0.2, -0.15) is 0 Å². The Morgan fingerprint density at radius 3 is 2.65 bits per heavy atom. The van der Waals surface area contributed by atoms with Gasteiger partial charge in [-0.15, -0.1) is 11.8 Å². The van der Waals surface area contributed by atoms with Gasteiger partial charge in [0.15, 0.2) is 0 Å². The Morgan fingerprint density at radius 1 is 1.18 bits per heavy atom. The van der Waals surface area contributed by atoms with Crippen molar-refractivity contribution in [3.05, 3.63) is 0 Å². The van der Waals surface area contributed by atoms with E-state index in [1.807, 2.05) is 0 Å². The first kappa shape index (κ1) is 12.7. The molecule has 5 heteroatoms. The smallest absolute Gasteiger partial charge is 0.308 e. The quantitative estimate of drug-likeness (QED) is 0.816. The molecule has 96 valence electrons. The van der Waals surface area contributed by atoms with Gasteiger partial charge in [0.2, 0.25) is 5.91 Å². The summed E-state index contributed by atoms with van der Waals surface area (Å²) in [4.78, 5) is 25.0. The van der Waals surface area contributed by atoms with E-state index in [9.17, 15) is 9.59 Å². The maximum Gasteiger partial charge on any atom is 0.308 e. The van der Waals surface area contributed by atoms with Gasteiger partial charge in [0.05, 0.1) is 11.2 Å². The highest BCUT2D eigenvalue weighted by atomic mass is 32.2. The second-order valence-corrected chi connectivity index (χ2v) is 6.13. The molecule has 17 heavy (non-hydrogen) atoms. The molecule has 0 bridgehead atoms. The van der Waals surface area contributed by atoms with E-state index in [1.54, 1.807) is 16.7 Å². The number of carboxylic acids is 1. The van der Waals surface area contributed by atoms with Crippen molar-refractivity contribution in [2.75, 3.05) is 18.8 Å². The highest BCUT2D eigenvalue weighted by Gasteiger charge is 2.32. The molecule has 2 unspecified atom stereocenters.